The summed E-state index contributed by atoms with van der Waals surface area (Å²) in [7, 11) is 1.28. The first-order chi connectivity index (χ1) is 6.60. The third-order valence-electron chi connectivity index (χ3n) is 1.69. The molecule has 0 aliphatic rings. The van der Waals surface area contributed by atoms with E-state index in [2.05, 4.69) is 4.74 Å². The molecule has 1 aromatic rings. The van der Waals surface area contributed by atoms with E-state index in [0.29, 0.717) is 0 Å². The summed E-state index contributed by atoms with van der Waals surface area (Å²) in [6.07, 6.45) is 0. The van der Waals surface area contributed by atoms with E-state index in [1.807, 2.05) is 0 Å². The fraction of sp³-hybridized carbons (Fsp3) is 0.250. The molecule has 0 aliphatic heterocycles. The number of nitro benzene ring substituents is 1. The van der Waals surface area contributed by atoms with Gasteiger partial charge in [0.05, 0.1) is 24.0 Å². The Morgan fingerprint density at radius 3 is 2.71 bits per heavy atom. The molecule has 4 nitrogen and oxygen atoms in total. The van der Waals surface area contributed by atoms with Gasteiger partial charge >= 0.3 is 0 Å². The Bertz CT molecular complexity index is 370. The molecular formula is C8H7ClFNO3. The molecule has 0 heterocycles. The SMILES string of the molecule is COc1cc(CCl)c([N+](=O)[O-])cc1F. The monoisotopic (exact) mass is 219 g/mol. The van der Waals surface area contributed by atoms with Crippen LogP contribution in [-0.4, -0.2) is 12.0 Å². The highest BCUT2D eigenvalue weighted by Crippen LogP contribution is 2.28. The Kier molecular flexibility index (Phi) is 3.24. The third kappa shape index (κ3) is 1.93. The van der Waals surface area contributed by atoms with Crippen LogP contribution in [0.2, 0.25) is 0 Å². The van der Waals surface area contributed by atoms with Crippen LogP contribution >= 0.6 is 11.6 Å². The number of rotatable bonds is 3. The van der Waals surface area contributed by atoms with E-state index in [1.54, 1.807) is 0 Å². The van der Waals surface area contributed by atoms with Crippen LogP contribution in [0.1, 0.15) is 5.56 Å². The molecule has 1 aromatic carbocycles. The van der Waals surface area contributed by atoms with Crippen LogP contribution in [0.25, 0.3) is 0 Å². The maximum Gasteiger partial charge on any atom is 0.277 e. The van der Waals surface area contributed by atoms with E-state index in [-0.39, 0.29) is 22.9 Å². The van der Waals surface area contributed by atoms with Gasteiger partial charge in [-0.05, 0) is 6.07 Å². The zero-order valence-electron chi connectivity index (χ0n) is 7.29. The Morgan fingerprint density at radius 2 is 2.29 bits per heavy atom. The Morgan fingerprint density at radius 1 is 1.64 bits per heavy atom. The van der Waals surface area contributed by atoms with Crippen LogP contribution in [-0.2, 0) is 5.88 Å². The van der Waals surface area contributed by atoms with E-state index >= 15 is 0 Å². The summed E-state index contributed by atoms with van der Waals surface area (Å²) in [5, 5.41) is 10.5. The first-order valence-electron chi connectivity index (χ1n) is 3.67. The number of alkyl halides is 1. The van der Waals surface area contributed by atoms with E-state index < -0.39 is 10.7 Å². The van der Waals surface area contributed by atoms with Crippen molar-refractivity contribution in [2.24, 2.45) is 0 Å². The van der Waals surface area contributed by atoms with Gasteiger partial charge < -0.3 is 4.74 Å². The summed E-state index contributed by atoms with van der Waals surface area (Å²) < 4.78 is 17.7. The third-order valence-corrected chi connectivity index (χ3v) is 1.98. The van der Waals surface area contributed by atoms with Crippen LogP contribution in [0.4, 0.5) is 10.1 Å². The molecule has 0 saturated heterocycles. The molecule has 0 amide bonds. The predicted molar refractivity (Wildman–Crippen MR) is 49.2 cm³/mol. The molecule has 0 saturated carbocycles. The highest BCUT2D eigenvalue weighted by molar-refractivity contribution is 6.17. The number of ether oxygens (including phenoxy) is 1. The van der Waals surface area contributed by atoms with Gasteiger partial charge in [0.25, 0.3) is 5.69 Å². The summed E-state index contributed by atoms with van der Waals surface area (Å²) in [5.41, 5.74) is -0.104. The molecule has 76 valence electrons. The minimum Gasteiger partial charge on any atom is -0.494 e. The van der Waals surface area contributed by atoms with E-state index in [0.717, 1.165) is 6.07 Å². The van der Waals surface area contributed by atoms with E-state index in [4.69, 9.17) is 11.6 Å². The second-order valence-electron chi connectivity index (χ2n) is 2.51. The summed E-state index contributed by atoms with van der Waals surface area (Å²) >= 11 is 5.47. The van der Waals surface area contributed by atoms with Crippen molar-refractivity contribution in [2.45, 2.75) is 5.88 Å². The molecule has 1 rings (SSSR count). The molecule has 0 fully saturated rings. The van der Waals surface area contributed by atoms with Gasteiger partial charge in [-0.1, -0.05) is 0 Å². The summed E-state index contributed by atoms with van der Waals surface area (Å²) in [5.74, 6) is -0.883. The molecular weight excluding hydrogens is 213 g/mol. The second-order valence-corrected chi connectivity index (χ2v) is 2.77. The molecule has 0 radical (unpaired) electrons. The summed E-state index contributed by atoms with van der Waals surface area (Å²) in [6, 6.07) is 2.02. The maximum absolute atomic E-state index is 13.1. The molecule has 0 spiro atoms. The van der Waals surface area contributed by atoms with Crippen molar-refractivity contribution in [1.82, 2.24) is 0 Å². The zero-order chi connectivity index (χ0) is 10.7. The molecule has 0 atom stereocenters. The van der Waals surface area contributed by atoms with Crippen molar-refractivity contribution in [3.63, 3.8) is 0 Å². The number of hydrogen-bond donors (Lipinski definition) is 0. The van der Waals surface area contributed by atoms with Gasteiger partial charge in [0.15, 0.2) is 11.6 Å². The molecule has 0 unspecified atom stereocenters. The molecule has 0 bridgehead atoms. The van der Waals surface area contributed by atoms with Crippen LogP contribution in [0.5, 0.6) is 5.75 Å². The van der Waals surface area contributed by atoms with Gasteiger partial charge in [0.2, 0.25) is 0 Å². The molecule has 0 aliphatic carbocycles. The minimum absolute atomic E-state index is 0.0498. The smallest absolute Gasteiger partial charge is 0.277 e. The average Bonchev–Trinajstić information content (AvgIpc) is 2.17. The van der Waals surface area contributed by atoms with Crippen molar-refractivity contribution in [1.29, 1.82) is 0 Å². The lowest BCUT2D eigenvalue weighted by molar-refractivity contribution is -0.385. The predicted octanol–water partition coefficient (Wildman–Crippen LogP) is 2.48. The van der Waals surface area contributed by atoms with E-state index in [1.165, 1.54) is 13.2 Å². The molecule has 0 N–H and O–H groups in total. The lowest BCUT2D eigenvalue weighted by Crippen LogP contribution is -1.97. The van der Waals surface area contributed by atoms with Crippen molar-refractivity contribution >= 4 is 17.3 Å². The highest BCUT2D eigenvalue weighted by atomic mass is 35.5. The lowest BCUT2D eigenvalue weighted by Gasteiger charge is -2.04. The Balaban J connectivity index is 3.31. The van der Waals surface area contributed by atoms with Crippen LogP contribution in [0, 0.1) is 15.9 Å². The van der Waals surface area contributed by atoms with Gasteiger partial charge in [0.1, 0.15) is 0 Å². The average molecular weight is 220 g/mol. The standard InChI is InChI=1S/C8H7ClFNO3/c1-14-8-2-5(4-9)7(11(12)13)3-6(8)10/h2-3H,4H2,1H3. The fourth-order valence-corrected chi connectivity index (χ4v) is 1.23. The van der Waals surface area contributed by atoms with Crippen LogP contribution in [0.15, 0.2) is 12.1 Å². The number of hydrogen-bond acceptors (Lipinski definition) is 3. The van der Waals surface area contributed by atoms with Crippen LogP contribution in [0.3, 0.4) is 0 Å². The first-order valence-corrected chi connectivity index (χ1v) is 4.20. The van der Waals surface area contributed by atoms with Gasteiger partial charge in [-0.2, -0.15) is 0 Å². The summed E-state index contributed by atoms with van der Waals surface area (Å²) in [6.45, 7) is 0. The Hall–Kier alpha value is -1.36. The Labute approximate surface area is 84.4 Å². The number of benzene rings is 1. The van der Waals surface area contributed by atoms with Gasteiger partial charge in [-0.3, -0.25) is 10.1 Å². The minimum atomic E-state index is -0.770. The fourth-order valence-electron chi connectivity index (χ4n) is 1.02. The van der Waals surface area contributed by atoms with Crippen molar-refractivity contribution in [3.8, 4) is 5.75 Å². The quantitative estimate of drug-likeness (QED) is 0.446. The lowest BCUT2D eigenvalue weighted by atomic mass is 10.2. The van der Waals surface area contributed by atoms with Crippen molar-refractivity contribution in [2.75, 3.05) is 7.11 Å². The van der Waals surface area contributed by atoms with Gasteiger partial charge in [0, 0.05) is 5.56 Å². The number of halogens is 2. The number of nitro groups is 1. The highest BCUT2D eigenvalue weighted by Gasteiger charge is 2.17. The largest absolute Gasteiger partial charge is 0.494 e. The number of nitrogens with zero attached hydrogens (tertiary/aromatic N) is 1. The van der Waals surface area contributed by atoms with Crippen molar-refractivity contribution in [3.05, 3.63) is 33.6 Å². The topological polar surface area (TPSA) is 52.4 Å². The second kappa shape index (κ2) is 4.23. The molecule has 6 heteroatoms. The van der Waals surface area contributed by atoms with E-state index in [9.17, 15) is 14.5 Å². The zero-order valence-corrected chi connectivity index (χ0v) is 8.05. The number of methoxy groups -OCH3 is 1. The maximum atomic E-state index is 13.1. The van der Waals surface area contributed by atoms with Crippen LogP contribution < -0.4 is 4.74 Å². The molecule has 14 heavy (non-hydrogen) atoms. The van der Waals surface area contributed by atoms with Crippen molar-refractivity contribution < 1.29 is 14.1 Å². The normalized spacial score (nSPS) is 9.93. The first kappa shape index (κ1) is 10.7. The molecule has 0 aromatic heterocycles. The van der Waals surface area contributed by atoms with Gasteiger partial charge in [-0.15, -0.1) is 11.6 Å². The summed E-state index contributed by atoms with van der Waals surface area (Å²) in [4.78, 5) is 9.79. The van der Waals surface area contributed by atoms with Gasteiger partial charge in [-0.25, -0.2) is 4.39 Å².